The van der Waals surface area contributed by atoms with Crippen LogP contribution in [-0.4, -0.2) is 57.7 Å². The number of urea groups is 1. The highest BCUT2D eigenvalue weighted by atomic mass is 35.5. The number of anilines is 3. The van der Waals surface area contributed by atoms with Gasteiger partial charge in [-0.3, -0.25) is 14.6 Å². The van der Waals surface area contributed by atoms with Crippen molar-refractivity contribution in [1.82, 2.24) is 4.98 Å². The maximum atomic E-state index is 13.2. The molecule has 1 aliphatic rings. The van der Waals surface area contributed by atoms with Gasteiger partial charge in [-0.05, 0) is 30.3 Å². The van der Waals surface area contributed by atoms with Gasteiger partial charge in [0.05, 0.1) is 23.9 Å². The molecule has 7 nitrogen and oxygen atoms in total. The van der Waals surface area contributed by atoms with Gasteiger partial charge in [0, 0.05) is 38.3 Å². The first-order valence-electron chi connectivity index (χ1n) is 10.6. The lowest BCUT2D eigenvalue weighted by Crippen LogP contribution is -2.40. The quantitative estimate of drug-likeness (QED) is 0.393. The van der Waals surface area contributed by atoms with Crippen molar-refractivity contribution >= 4 is 51.9 Å². The molecule has 0 N–H and O–H groups in total. The molecular formula is C25H23ClN4O3S. The molecule has 0 aliphatic carbocycles. The fraction of sp³-hybridized carbons (Fsp3) is 0.240. The Kier molecular flexibility index (Phi) is 7.48. The van der Waals surface area contributed by atoms with Crippen molar-refractivity contribution in [3.8, 4) is 11.8 Å². The lowest BCUT2D eigenvalue weighted by atomic mass is 10.1. The van der Waals surface area contributed by atoms with Crippen molar-refractivity contribution in [2.45, 2.75) is 0 Å². The zero-order valence-corrected chi connectivity index (χ0v) is 20.4. The third-order valence-corrected chi connectivity index (χ3v) is 6.67. The van der Waals surface area contributed by atoms with E-state index in [0.29, 0.717) is 52.8 Å². The summed E-state index contributed by atoms with van der Waals surface area (Å²) in [5.41, 5.74) is 2.17. The number of halogens is 1. The van der Waals surface area contributed by atoms with Crippen LogP contribution in [0.5, 0.6) is 0 Å². The minimum absolute atomic E-state index is 0.319. The second-order valence-corrected chi connectivity index (χ2v) is 9.00. The minimum atomic E-state index is -0.369. The monoisotopic (exact) mass is 494 g/mol. The smallest absolute Gasteiger partial charge is 0.329 e. The zero-order valence-electron chi connectivity index (χ0n) is 18.8. The molecule has 0 radical (unpaired) electrons. The van der Waals surface area contributed by atoms with E-state index in [4.69, 9.17) is 16.3 Å². The molecule has 2 aromatic carbocycles. The van der Waals surface area contributed by atoms with E-state index in [9.17, 15) is 9.59 Å². The third kappa shape index (κ3) is 5.23. The third-order valence-electron chi connectivity index (χ3n) is 5.34. The Labute approximate surface area is 207 Å². The van der Waals surface area contributed by atoms with Gasteiger partial charge in [-0.2, -0.15) is 0 Å². The van der Waals surface area contributed by atoms with Crippen LogP contribution in [0.4, 0.5) is 21.4 Å². The fourth-order valence-electron chi connectivity index (χ4n) is 3.46. The van der Waals surface area contributed by atoms with Crippen LogP contribution in [-0.2, 0) is 4.74 Å². The van der Waals surface area contributed by atoms with Crippen molar-refractivity contribution in [2.24, 2.45) is 0 Å². The molecule has 0 saturated carbocycles. The van der Waals surface area contributed by atoms with Gasteiger partial charge >= 0.3 is 6.03 Å². The van der Waals surface area contributed by atoms with E-state index in [0.717, 1.165) is 17.4 Å². The highest BCUT2D eigenvalue weighted by Crippen LogP contribution is 2.33. The van der Waals surface area contributed by atoms with E-state index in [-0.39, 0.29) is 6.03 Å². The van der Waals surface area contributed by atoms with Gasteiger partial charge in [0.25, 0.3) is 0 Å². The number of hydrogen-bond acceptors (Lipinski definition) is 6. The molecule has 3 aromatic rings. The molecule has 9 heteroatoms. The van der Waals surface area contributed by atoms with Crippen molar-refractivity contribution < 1.29 is 14.3 Å². The molecule has 1 fully saturated rings. The number of aromatic nitrogens is 1. The topological polar surface area (TPSA) is 66.0 Å². The zero-order chi connectivity index (χ0) is 24.1. The number of nitrogens with zero attached hydrogens (tertiary/aromatic N) is 4. The molecule has 0 atom stereocenters. The minimum Gasteiger partial charge on any atom is -0.378 e. The van der Waals surface area contributed by atoms with E-state index < -0.39 is 0 Å². The average molecular weight is 495 g/mol. The summed E-state index contributed by atoms with van der Waals surface area (Å²) >= 11 is 7.76. The second kappa shape index (κ2) is 10.7. The Morgan fingerprint density at radius 2 is 1.79 bits per heavy atom. The Bertz CT molecular complexity index is 1250. The molecule has 4 rings (SSSR count). The number of ether oxygens (including phenoxy) is 1. The van der Waals surface area contributed by atoms with Crippen molar-refractivity contribution in [1.29, 1.82) is 0 Å². The van der Waals surface area contributed by atoms with Gasteiger partial charge in [-0.1, -0.05) is 53.0 Å². The number of morpholine rings is 1. The van der Waals surface area contributed by atoms with Gasteiger partial charge in [0.2, 0.25) is 0 Å². The molecule has 1 saturated heterocycles. The molecular weight excluding hydrogens is 472 g/mol. The van der Waals surface area contributed by atoms with E-state index in [1.165, 1.54) is 21.1 Å². The molecule has 0 spiro atoms. The fourth-order valence-corrected chi connectivity index (χ4v) is 4.73. The van der Waals surface area contributed by atoms with E-state index in [1.54, 1.807) is 26.2 Å². The Morgan fingerprint density at radius 1 is 1.09 bits per heavy atom. The van der Waals surface area contributed by atoms with Gasteiger partial charge in [-0.25, -0.2) is 9.78 Å². The van der Waals surface area contributed by atoms with Crippen molar-refractivity contribution in [3.63, 3.8) is 0 Å². The van der Waals surface area contributed by atoms with E-state index in [2.05, 4.69) is 21.7 Å². The summed E-state index contributed by atoms with van der Waals surface area (Å²) in [5.74, 6) is 6.50. The van der Waals surface area contributed by atoms with Crippen molar-refractivity contribution in [3.05, 3.63) is 69.6 Å². The summed E-state index contributed by atoms with van der Waals surface area (Å²) in [6, 6.07) is 14.6. The summed E-state index contributed by atoms with van der Waals surface area (Å²) in [6.07, 6.45) is 0.730. The van der Waals surface area contributed by atoms with Crippen LogP contribution < -0.4 is 14.7 Å². The van der Waals surface area contributed by atoms with Gasteiger partial charge < -0.3 is 9.64 Å². The van der Waals surface area contributed by atoms with E-state index in [1.807, 2.05) is 36.4 Å². The van der Waals surface area contributed by atoms with Gasteiger partial charge in [-0.15, -0.1) is 0 Å². The Hall–Kier alpha value is -3.38. The van der Waals surface area contributed by atoms with Crippen LogP contribution in [0.1, 0.15) is 20.8 Å². The number of carbonyl (C=O) groups excluding carboxylic acids is 2. The maximum absolute atomic E-state index is 13.2. The molecule has 0 unspecified atom stereocenters. The Morgan fingerprint density at radius 3 is 2.47 bits per heavy atom. The normalized spacial score (nSPS) is 13.1. The summed E-state index contributed by atoms with van der Waals surface area (Å²) in [5, 5.41) is 1.09. The van der Waals surface area contributed by atoms with Crippen molar-refractivity contribution in [2.75, 3.05) is 55.1 Å². The molecule has 1 aliphatic heterocycles. The number of carbonyl (C=O) groups is 2. The summed E-state index contributed by atoms with van der Waals surface area (Å²) in [6.45, 7) is 2.59. The summed E-state index contributed by atoms with van der Waals surface area (Å²) in [4.78, 5) is 34.7. The number of rotatable bonds is 4. The molecule has 2 amide bonds. The molecule has 174 valence electrons. The largest absolute Gasteiger partial charge is 0.378 e. The highest BCUT2D eigenvalue weighted by Gasteiger charge is 2.26. The summed E-state index contributed by atoms with van der Waals surface area (Å²) < 4.78 is 5.38. The number of amides is 2. The van der Waals surface area contributed by atoms with E-state index >= 15 is 0 Å². The van der Waals surface area contributed by atoms with Crippen LogP contribution in [0, 0.1) is 11.8 Å². The predicted molar refractivity (Wildman–Crippen MR) is 137 cm³/mol. The average Bonchev–Trinajstić information content (AvgIpc) is 3.32. The number of benzene rings is 2. The van der Waals surface area contributed by atoms with Crippen LogP contribution in [0.25, 0.3) is 0 Å². The van der Waals surface area contributed by atoms with Gasteiger partial charge in [0.1, 0.15) is 4.88 Å². The number of thiazole rings is 1. The highest BCUT2D eigenvalue weighted by molar-refractivity contribution is 7.17. The predicted octanol–water partition coefficient (Wildman–Crippen LogP) is 4.54. The second-order valence-electron chi connectivity index (χ2n) is 7.58. The molecule has 34 heavy (non-hydrogen) atoms. The standard InChI is InChI=1S/C25H23ClN4O3S/c1-28(21-11-10-19(16-20(21)26)9-8-18-6-4-3-5-7-18)25(32)29(2)23-22(17-31)34-24(27-23)30-12-14-33-15-13-30/h3-7,10-11,16-17H,12-15H2,1-2H3. The van der Waals surface area contributed by atoms with Gasteiger partial charge in [0.15, 0.2) is 17.2 Å². The molecule has 2 heterocycles. The molecule has 0 bridgehead atoms. The first-order valence-corrected chi connectivity index (χ1v) is 11.8. The lowest BCUT2D eigenvalue weighted by Gasteiger charge is -2.26. The molecule has 1 aromatic heterocycles. The maximum Gasteiger partial charge on any atom is 0.329 e. The summed E-state index contributed by atoms with van der Waals surface area (Å²) in [7, 11) is 3.22. The number of hydrogen-bond donors (Lipinski definition) is 0. The van der Waals surface area contributed by atoms with Crippen LogP contribution in [0.15, 0.2) is 48.5 Å². The SMILES string of the molecule is CN(C(=O)N(C)c1nc(N2CCOCC2)sc1C=O)c1ccc(C#Cc2ccccc2)cc1Cl. The lowest BCUT2D eigenvalue weighted by molar-refractivity contribution is 0.112. The first kappa shape index (κ1) is 23.8. The number of aldehydes is 1. The van der Waals surface area contributed by atoms with Crippen LogP contribution in [0.3, 0.4) is 0 Å². The Balaban J connectivity index is 1.52. The first-order chi connectivity index (χ1) is 16.5. The van der Waals surface area contributed by atoms with Crippen LogP contribution in [0.2, 0.25) is 5.02 Å². The van der Waals surface area contributed by atoms with Crippen LogP contribution >= 0.6 is 22.9 Å².